The average Bonchev–Trinajstić information content (AvgIpc) is 3.86. The maximum atomic E-state index is 13.9. The second-order valence-corrected chi connectivity index (χ2v) is 13.0. The highest BCUT2D eigenvalue weighted by molar-refractivity contribution is 7.89. The Kier molecular flexibility index (Phi) is 10.6. The van der Waals surface area contributed by atoms with Crippen LogP contribution in [0.15, 0.2) is 120 Å². The Morgan fingerprint density at radius 1 is 0.705 bits per heavy atom. The molecule has 1 fully saturated rings. The molecule has 1 aliphatic rings. The second-order valence-electron chi connectivity index (χ2n) is 11.3. The number of aryl methyl sites for hydroxylation is 1. The van der Waals surface area contributed by atoms with Gasteiger partial charge in [-0.1, -0.05) is 103 Å². The van der Waals surface area contributed by atoms with Crippen LogP contribution in [0.4, 0.5) is 0 Å². The monoisotopic (exact) mass is 609 g/mol. The van der Waals surface area contributed by atoms with E-state index in [1.165, 1.54) is 0 Å². The minimum atomic E-state index is -3.54. The molecule has 0 aromatic heterocycles. The van der Waals surface area contributed by atoms with Crippen molar-refractivity contribution >= 4 is 21.8 Å². The van der Waals surface area contributed by atoms with Crippen molar-refractivity contribution < 1.29 is 18.0 Å². The third-order valence-electron chi connectivity index (χ3n) is 7.78. The van der Waals surface area contributed by atoms with Crippen molar-refractivity contribution in [1.82, 2.24) is 14.9 Å². The zero-order valence-corrected chi connectivity index (χ0v) is 25.6. The highest BCUT2D eigenvalue weighted by Crippen LogP contribution is 2.23. The lowest BCUT2D eigenvalue weighted by Gasteiger charge is -2.31. The zero-order valence-electron chi connectivity index (χ0n) is 24.8. The summed E-state index contributed by atoms with van der Waals surface area (Å²) in [6.45, 7) is 0.764. The summed E-state index contributed by atoms with van der Waals surface area (Å²) >= 11 is 0. The van der Waals surface area contributed by atoms with Gasteiger partial charge in [0, 0.05) is 32.0 Å². The summed E-state index contributed by atoms with van der Waals surface area (Å²) in [5.74, 6) is -0.327. The van der Waals surface area contributed by atoms with E-state index in [1.807, 2.05) is 91.0 Å². The van der Waals surface area contributed by atoms with Crippen molar-refractivity contribution in [1.29, 1.82) is 0 Å². The molecule has 44 heavy (non-hydrogen) atoms. The molecular formula is C36H39N3O4S. The third-order valence-corrected chi connectivity index (χ3v) is 9.32. The Hall–Kier alpha value is -4.27. The number of nitrogens with one attached hydrogen (secondary N) is 2. The molecule has 0 aliphatic heterocycles. The van der Waals surface area contributed by atoms with Gasteiger partial charge in [0.15, 0.2) is 0 Å². The van der Waals surface area contributed by atoms with Gasteiger partial charge in [-0.3, -0.25) is 9.59 Å². The van der Waals surface area contributed by atoms with E-state index in [9.17, 15) is 18.0 Å². The van der Waals surface area contributed by atoms with Crippen LogP contribution in [0, 0.1) is 0 Å². The van der Waals surface area contributed by atoms with E-state index >= 15 is 0 Å². The summed E-state index contributed by atoms with van der Waals surface area (Å²) < 4.78 is 27.8. The molecule has 4 aromatic carbocycles. The van der Waals surface area contributed by atoms with Crippen LogP contribution in [0.1, 0.15) is 41.5 Å². The number of hydrogen-bond donors (Lipinski definition) is 2. The molecule has 2 amide bonds. The van der Waals surface area contributed by atoms with Gasteiger partial charge in [-0.2, -0.15) is 0 Å². The Morgan fingerprint density at radius 3 is 1.84 bits per heavy atom. The van der Waals surface area contributed by atoms with Gasteiger partial charge in [0.25, 0.3) is 0 Å². The number of nitrogens with zero attached hydrogens (tertiary/aromatic N) is 1. The van der Waals surface area contributed by atoms with E-state index in [1.54, 1.807) is 29.2 Å². The standard InChI is InChI=1S/C36H39N3O4S/c40-35(23-18-29-16-21-33(22-17-29)44(42,43)38-32-19-20-32)39(27-31-14-8-3-9-15-31)34(26-30-12-6-2-7-13-30)36(41)37-25-24-28-10-4-1-5-11-28/h1-17,21-22,32,34,38H,18-20,23-27H2,(H,37,41). The summed E-state index contributed by atoms with van der Waals surface area (Å²) in [6, 6.07) is 35.5. The topological polar surface area (TPSA) is 95.6 Å². The molecule has 8 heteroatoms. The fourth-order valence-corrected chi connectivity index (χ4v) is 6.45. The predicted octanol–water partition coefficient (Wildman–Crippen LogP) is 5.06. The van der Waals surface area contributed by atoms with E-state index in [-0.39, 0.29) is 29.2 Å². The molecule has 0 radical (unpaired) electrons. The maximum absolute atomic E-state index is 13.9. The molecular weight excluding hydrogens is 570 g/mol. The van der Waals surface area contributed by atoms with E-state index in [2.05, 4.69) is 10.0 Å². The van der Waals surface area contributed by atoms with Crippen molar-refractivity contribution in [2.75, 3.05) is 6.54 Å². The summed E-state index contributed by atoms with van der Waals surface area (Å²) in [6.07, 6.45) is 3.43. The van der Waals surface area contributed by atoms with Gasteiger partial charge in [0.1, 0.15) is 6.04 Å². The molecule has 0 saturated heterocycles. The van der Waals surface area contributed by atoms with Gasteiger partial charge < -0.3 is 10.2 Å². The molecule has 1 unspecified atom stereocenters. The van der Waals surface area contributed by atoms with Crippen molar-refractivity contribution in [2.24, 2.45) is 0 Å². The number of carbonyl (C=O) groups excluding carboxylic acids is 2. The maximum Gasteiger partial charge on any atom is 0.243 e. The Morgan fingerprint density at radius 2 is 1.25 bits per heavy atom. The first-order chi connectivity index (χ1) is 21.4. The van der Waals surface area contributed by atoms with Crippen LogP contribution in [0.2, 0.25) is 0 Å². The second kappa shape index (κ2) is 14.9. The molecule has 4 aromatic rings. The SMILES string of the molecule is O=C(NCCc1ccccc1)C(Cc1ccccc1)N(Cc1ccccc1)C(=O)CCc1ccc(S(=O)(=O)NC2CC2)cc1. The van der Waals surface area contributed by atoms with Gasteiger partial charge in [-0.05, 0) is 60.1 Å². The third kappa shape index (κ3) is 9.11. The van der Waals surface area contributed by atoms with E-state index < -0.39 is 16.1 Å². The molecule has 7 nitrogen and oxygen atoms in total. The molecule has 0 spiro atoms. The van der Waals surface area contributed by atoms with Crippen molar-refractivity contribution in [2.45, 2.75) is 62.0 Å². The minimum Gasteiger partial charge on any atom is -0.354 e. The van der Waals surface area contributed by atoms with E-state index in [0.717, 1.165) is 35.1 Å². The lowest BCUT2D eigenvalue weighted by Crippen LogP contribution is -2.50. The zero-order chi connectivity index (χ0) is 30.8. The van der Waals surface area contributed by atoms with Crippen LogP contribution in [0.5, 0.6) is 0 Å². The summed E-state index contributed by atoms with van der Waals surface area (Å²) in [4.78, 5) is 29.7. The van der Waals surface area contributed by atoms with Crippen molar-refractivity contribution in [3.8, 4) is 0 Å². The molecule has 1 saturated carbocycles. The number of benzene rings is 4. The first-order valence-corrected chi connectivity index (χ1v) is 16.7. The Bertz CT molecular complexity index is 1610. The minimum absolute atomic E-state index is 0.0345. The number of carbonyl (C=O) groups is 2. The van der Waals surface area contributed by atoms with Crippen molar-refractivity contribution in [3.63, 3.8) is 0 Å². The summed E-state index contributed by atoms with van der Waals surface area (Å²) in [5.41, 5.74) is 3.90. The van der Waals surface area contributed by atoms with E-state index in [0.29, 0.717) is 32.4 Å². The van der Waals surface area contributed by atoms with Crippen LogP contribution in [0.25, 0.3) is 0 Å². The Labute approximate surface area is 260 Å². The average molecular weight is 610 g/mol. The largest absolute Gasteiger partial charge is 0.354 e. The molecule has 0 heterocycles. The van der Waals surface area contributed by atoms with Gasteiger partial charge >= 0.3 is 0 Å². The van der Waals surface area contributed by atoms with Crippen LogP contribution in [0.3, 0.4) is 0 Å². The normalized spacial score (nSPS) is 13.6. The molecule has 1 atom stereocenters. The molecule has 228 valence electrons. The Balaban J connectivity index is 1.32. The lowest BCUT2D eigenvalue weighted by molar-refractivity contribution is -0.141. The first kappa shape index (κ1) is 31.2. The number of rotatable bonds is 15. The van der Waals surface area contributed by atoms with Gasteiger partial charge in [-0.25, -0.2) is 13.1 Å². The van der Waals surface area contributed by atoms with Crippen molar-refractivity contribution in [3.05, 3.63) is 138 Å². The summed E-state index contributed by atoms with van der Waals surface area (Å²) in [5, 5.41) is 3.09. The smallest absolute Gasteiger partial charge is 0.243 e. The molecule has 0 bridgehead atoms. The highest BCUT2D eigenvalue weighted by Gasteiger charge is 2.30. The van der Waals surface area contributed by atoms with Crippen LogP contribution in [-0.4, -0.2) is 43.8 Å². The molecule has 1 aliphatic carbocycles. The molecule has 2 N–H and O–H groups in total. The van der Waals surface area contributed by atoms with Gasteiger partial charge in [0.05, 0.1) is 4.90 Å². The fraction of sp³-hybridized carbons (Fsp3) is 0.278. The summed E-state index contributed by atoms with van der Waals surface area (Å²) in [7, 11) is -3.54. The lowest BCUT2D eigenvalue weighted by atomic mass is 10.0. The van der Waals surface area contributed by atoms with Crippen LogP contribution in [-0.2, 0) is 45.4 Å². The first-order valence-electron chi connectivity index (χ1n) is 15.2. The van der Waals surface area contributed by atoms with Crippen LogP contribution >= 0.6 is 0 Å². The van der Waals surface area contributed by atoms with Gasteiger partial charge in [0.2, 0.25) is 21.8 Å². The molecule has 5 rings (SSSR count). The van der Waals surface area contributed by atoms with Gasteiger partial charge in [-0.15, -0.1) is 0 Å². The fourth-order valence-electron chi connectivity index (χ4n) is 5.15. The number of amides is 2. The number of sulfonamides is 1. The number of hydrogen-bond acceptors (Lipinski definition) is 4. The van der Waals surface area contributed by atoms with Crippen LogP contribution < -0.4 is 10.0 Å². The predicted molar refractivity (Wildman–Crippen MR) is 172 cm³/mol. The quantitative estimate of drug-likeness (QED) is 0.197. The highest BCUT2D eigenvalue weighted by atomic mass is 32.2. The van der Waals surface area contributed by atoms with E-state index in [4.69, 9.17) is 0 Å².